The average Bonchev–Trinajstić information content (AvgIpc) is 2.37. The Labute approximate surface area is 134 Å². The van der Waals surface area contributed by atoms with Gasteiger partial charge in [0.2, 0.25) is 10.0 Å². The molecule has 0 spiro atoms. The minimum absolute atomic E-state index is 0.105. The zero-order valence-corrected chi connectivity index (χ0v) is 13.7. The molecule has 1 aromatic rings. The summed E-state index contributed by atoms with van der Waals surface area (Å²) < 4.78 is 33.1. The van der Waals surface area contributed by atoms with Crippen molar-refractivity contribution in [2.45, 2.75) is 36.6 Å². The fraction of sp³-hybridized carbons (Fsp3) is 0.500. The van der Waals surface area contributed by atoms with Crippen LogP contribution in [0.2, 0.25) is 5.02 Å². The number of nitrogens with one attached hydrogen (secondary N) is 1. The van der Waals surface area contributed by atoms with Crippen LogP contribution in [0.3, 0.4) is 0 Å². The van der Waals surface area contributed by atoms with Crippen molar-refractivity contribution in [1.82, 2.24) is 4.72 Å². The highest BCUT2D eigenvalue weighted by molar-refractivity contribution is 7.89. The van der Waals surface area contributed by atoms with Crippen molar-refractivity contribution in [1.29, 1.82) is 0 Å². The van der Waals surface area contributed by atoms with Gasteiger partial charge < -0.3 is 9.84 Å². The topological polar surface area (TPSA) is 92.7 Å². The number of ether oxygens (including phenoxy) is 1. The zero-order chi connectivity index (χ0) is 16.4. The van der Waals surface area contributed by atoms with Crippen LogP contribution in [0, 0.1) is 6.92 Å². The second kappa shape index (κ2) is 6.54. The van der Waals surface area contributed by atoms with Crippen molar-refractivity contribution in [3.63, 3.8) is 0 Å². The van der Waals surface area contributed by atoms with E-state index in [9.17, 15) is 13.2 Å². The Morgan fingerprint density at radius 1 is 1.41 bits per heavy atom. The molecule has 0 aromatic heterocycles. The molecule has 1 fully saturated rings. The van der Waals surface area contributed by atoms with Gasteiger partial charge in [-0.3, -0.25) is 4.79 Å². The molecule has 1 saturated heterocycles. The largest absolute Gasteiger partial charge is 0.481 e. The van der Waals surface area contributed by atoms with Crippen LogP contribution in [-0.2, 0) is 19.6 Å². The number of hydrogen-bond acceptors (Lipinski definition) is 4. The third-order valence-electron chi connectivity index (χ3n) is 3.72. The van der Waals surface area contributed by atoms with Gasteiger partial charge in [-0.2, -0.15) is 0 Å². The Bertz CT molecular complexity index is 668. The van der Waals surface area contributed by atoms with Crippen LogP contribution in [0.25, 0.3) is 0 Å². The van der Waals surface area contributed by atoms with Crippen LogP contribution in [0.5, 0.6) is 0 Å². The van der Waals surface area contributed by atoms with E-state index < -0.39 is 21.5 Å². The van der Waals surface area contributed by atoms with Crippen molar-refractivity contribution < 1.29 is 23.1 Å². The van der Waals surface area contributed by atoms with Gasteiger partial charge in [0.15, 0.2) is 0 Å². The lowest BCUT2D eigenvalue weighted by molar-refractivity contribution is -0.139. The fourth-order valence-corrected chi connectivity index (χ4v) is 4.53. The number of carbonyl (C=O) groups is 1. The van der Waals surface area contributed by atoms with Gasteiger partial charge in [0.05, 0.1) is 11.3 Å². The number of rotatable bonds is 5. The molecular weight excluding hydrogens is 330 g/mol. The summed E-state index contributed by atoms with van der Waals surface area (Å²) in [4.78, 5) is 11.2. The summed E-state index contributed by atoms with van der Waals surface area (Å²) in [5.74, 6) is -1.04. The number of carboxylic acid groups (broad SMARTS) is 1. The maximum absolute atomic E-state index is 12.6. The summed E-state index contributed by atoms with van der Waals surface area (Å²) in [7, 11) is -3.84. The number of halogens is 1. The molecule has 8 heteroatoms. The Morgan fingerprint density at radius 3 is 2.59 bits per heavy atom. The summed E-state index contributed by atoms with van der Waals surface area (Å²) in [6.45, 7) is 2.30. The third-order valence-corrected chi connectivity index (χ3v) is 5.69. The molecule has 2 rings (SSSR count). The van der Waals surface area contributed by atoms with Crippen LogP contribution in [0.15, 0.2) is 23.1 Å². The first-order valence-corrected chi connectivity index (χ1v) is 8.70. The van der Waals surface area contributed by atoms with E-state index in [4.69, 9.17) is 21.4 Å². The monoisotopic (exact) mass is 347 g/mol. The van der Waals surface area contributed by atoms with Crippen molar-refractivity contribution in [2.75, 3.05) is 13.2 Å². The molecular formula is C14H18ClNO5S. The molecule has 0 aliphatic carbocycles. The lowest BCUT2D eigenvalue weighted by atomic mass is 9.88. The van der Waals surface area contributed by atoms with E-state index in [0.717, 1.165) is 0 Å². The Kier molecular flexibility index (Phi) is 5.11. The summed E-state index contributed by atoms with van der Waals surface area (Å²) >= 11 is 5.85. The maximum atomic E-state index is 12.6. The molecule has 1 aliphatic heterocycles. The quantitative estimate of drug-likeness (QED) is 0.849. The first-order valence-electron chi connectivity index (χ1n) is 6.84. The zero-order valence-electron chi connectivity index (χ0n) is 12.1. The van der Waals surface area contributed by atoms with Crippen molar-refractivity contribution in [3.05, 3.63) is 28.8 Å². The minimum Gasteiger partial charge on any atom is -0.481 e. The van der Waals surface area contributed by atoms with Gasteiger partial charge in [-0.15, -0.1) is 0 Å². The Hall–Kier alpha value is -1.15. The fourth-order valence-electron chi connectivity index (χ4n) is 2.62. The first-order chi connectivity index (χ1) is 10.2. The number of sulfonamides is 1. The summed E-state index contributed by atoms with van der Waals surface area (Å²) in [6, 6.07) is 4.48. The van der Waals surface area contributed by atoms with Crippen LogP contribution < -0.4 is 4.72 Å². The summed E-state index contributed by atoms with van der Waals surface area (Å²) in [5.41, 5.74) is -0.507. The number of aliphatic carboxylic acids is 1. The Morgan fingerprint density at radius 2 is 2.05 bits per heavy atom. The van der Waals surface area contributed by atoms with E-state index >= 15 is 0 Å². The van der Waals surface area contributed by atoms with Gasteiger partial charge in [0, 0.05) is 23.8 Å². The predicted molar refractivity (Wildman–Crippen MR) is 81.5 cm³/mol. The molecule has 1 heterocycles. The Balaban J connectivity index is 2.33. The van der Waals surface area contributed by atoms with Gasteiger partial charge in [-0.05, 0) is 43.5 Å². The molecule has 2 N–H and O–H groups in total. The van der Waals surface area contributed by atoms with E-state index in [2.05, 4.69) is 4.72 Å². The molecule has 0 atom stereocenters. The third kappa shape index (κ3) is 3.98. The number of aryl methyl sites for hydroxylation is 1. The molecule has 0 bridgehead atoms. The van der Waals surface area contributed by atoms with Crippen LogP contribution >= 0.6 is 11.6 Å². The molecule has 22 heavy (non-hydrogen) atoms. The summed E-state index contributed by atoms with van der Waals surface area (Å²) in [5, 5.41) is 9.54. The highest BCUT2D eigenvalue weighted by Crippen LogP contribution is 2.28. The normalized spacial score (nSPS) is 18.1. The molecule has 0 unspecified atom stereocenters. The van der Waals surface area contributed by atoms with Gasteiger partial charge in [0.1, 0.15) is 0 Å². The molecule has 122 valence electrons. The van der Waals surface area contributed by atoms with Gasteiger partial charge in [-0.1, -0.05) is 11.6 Å². The average molecular weight is 348 g/mol. The van der Waals surface area contributed by atoms with Crippen molar-refractivity contribution in [3.8, 4) is 0 Å². The van der Waals surface area contributed by atoms with E-state index in [-0.39, 0.29) is 11.3 Å². The number of hydrogen-bond donors (Lipinski definition) is 2. The first kappa shape index (κ1) is 17.2. The lowest BCUT2D eigenvalue weighted by Gasteiger charge is -2.36. The molecule has 1 aliphatic rings. The van der Waals surface area contributed by atoms with Crippen molar-refractivity contribution in [2.24, 2.45) is 0 Å². The molecule has 0 radical (unpaired) electrons. The van der Waals surface area contributed by atoms with E-state index in [0.29, 0.717) is 36.6 Å². The van der Waals surface area contributed by atoms with E-state index in [1.165, 1.54) is 12.1 Å². The van der Waals surface area contributed by atoms with E-state index in [1.54, 1.807) is 13.0 Å². The predicted octanol–water partition coefficient (Wildman–Crippen LogP) is 1.95. The number of carboxylic acids is 1. The summed E-state index contributed by atoms with van der Waals surface area (Å²) in [6.07, 6.45) is 0.374. The minimum atomic E-state index is -3.84. The van der Waals surface area contributed by atoms with Crippen LogP contribution in [-0.4, -0.2) is 38.2 Å². The molecule has 0 amide bonds. The SMILES string of the molecule is Cc1cc(Cl)ccc1S(=O)(=O)NC1(CC(=O)O)CCOCC1. The van der Waals surface area contributed by atoms with Gasteiger partial charge in [-0.25, -0.2) is 13.1 Å². The second-order valence-corrected chi connectivity index (χ2v) is 7.57. The molecule has 1 aromatic carbocycles. The second-order valence-electron chi connectivity index (χ2n) is 5.48. The maximum Gasteiger partial charge on any atom is 0.305 e. The highest BCUT2D eigenvalue weighted by atomic mass is 35.5. The van der Waals surface area contributed by atoms with Gasteiger partial charge >= 0.3 is 5.97 Å². The van der Waals surface area contributed by atoms with Crippen LogP contribution in [0.1, 0.15) is 24.8 Å². The molecule has 6 nitrogen and oxygen atoms in total. The molecule has 0 saturated carbocycles. The van der Waals surface area contributed by atoms with Crippen LogP contribution in [0.4, 0.5) is 0 Å². The van der Waals surface area contributed by atoms with E-state index in [1.807, 2.05) is 0 Å². The van der Waals surface area contributed by atoms with Gasteiger partial charge in [0.25, 0.3) is 0 Å². The smallest absolute Gasteiger partial charge is 0.305 e. The number of benzene rings is 1. The van der Waals surface area contributed by atoms with Crippen molar-refractivity contribution >= 4 is 27.6 Å². The highest BCUT2D eigenvalue weighted by Gasteiger charge is 2.39. The lowest BCUT2D eigenvalue weighted by Crippen LogP contribution is -2.53. The standard InChI is InChI=1S/C14H18ClNO5S/c1-10-8-11(15)2-3-12(10)22(19,20)16-14(9-13(17)18)4-6-21-7-5-14/h2-3,8,16H,4-7,9H2,1H3,(H,17,18).